The number of halogens is 3. The van der Waals surface area contributed by atoms with Crippen LogP contribution in [-0.4, -0.2) is 79.1 Å². The number of nitrogens with one attached hydrogen (secondary N) is 1. The fourth-order valence-electron chi connectivity index (χ4n) is 6.26. The highest BCUT2D eigenvalue weighted by Crippen LogP contribution is 2.37. The number of hydrogen-bond donors (Lipinski definition) is 2. The van der Waals surface area contributed by atoms with Crippen LogP contribution in [0.4, 0.5) is 19.1 Å². The first-order valence-electron chi connectivity index (χ1n) is 14.3. The molecule has 5 heterocycles. The first kappa shape index (κ1) is 28.4. The van der Waals surface area contributed by atoms with Crippen LogP contribution in [0.3, 0.4) is 0 Å². The third-order valence-corrected chi connectivity index (χ3v) is 8.60. The SMILES string of the molecule is O=C(C1CCN(c2nccc(C(F)(F)F)n2)C1)N1CC[C@H](NC2CCC(O)(c3ccc(-c4ncccn4)cn3)CC2)C1. The molecule has 2 N–H and O–H groups in total. The number of carbonyl (C=O) groups is 1. The van der Waals surface area contributed by atoms with Crippen molar-refractivity contribution >= 4 is 11.9 Å². The molecular weight excluding hydrogens is 549 g/mol. The van der Waals surface area contributed by atoms with Crippen molar-refractivity contribution in [2.75, 3.05) is 31.1 Å². The van der Waals surface area contributed by atoms with Crippen LogP contribution in [0, 0.1) is 5.92 Å². The van der Waals surface area contributed by atoms with Gasteiger partial charge in [-0.25, -0.2) is 19.9 Å². The van der Waals surface area contributed by atoms with E-state index in [1.165, 1.54) is 0 Å². The molecule has 3 fully saturated rings. The summed E-state index contributed by atoms with van der Waals surface area (Å²) in [6.45, 7) is 1.99. The molecule has 0 aromatic carbocycles. The Kier molecular flexibility index (Phi) is 7.79. The predicted octanol–water partition coefficient (Wildman–Crippen LogP) is 3.19. The summed E-state index contributed by atoms with van der Waals surface area (Å²) >= 11 is 0. The van der Waals surface area contributed by atoms with Crippen LogP contribution in [0.15, 0.2) is 49.1 Å². The van der Waals surface area contributed by atoms with E-state index >= 15 is 0 Å². The molecule has 3 aliphatic rings. The maximum atomic E-state index is 13.2. The van der Waals surface area contributed by atoms with Gasteiger partial charge in [-0.05, 0) is 62.8 Å². The van der Waals surface area contributed by atoms with Gasteiger partial charge in [0.1, 0.15) is 11.3 Å². The van der Waals surface area contributed by atoms with Crippen LogP contribution >= 0.6 is 0 Å². The standard InChI is InChI=1S/C29H33F3N8O2/c30-29(31,32)24-6-13-35-27(38-24)40-14-7-20(17-40)26(41)39-15-8-22(18-39)37-21-4-9-28(42,10-5-21)23-3-2-19(16-36-23)25-33-11-1-12-34-25/h1-3,6,11-13,16,20-22,37,42H,4-5,7-10,14-15,17-18H2/t20?,21?,22-,28?/m0/s1. The summed E-state index contributed by atoms with van der Waals surface area (Å²) in [5.74, 6) is 0.339. The van der Waals surface area contributed by atoms with Gasteiger partial charge in [0.15, 0.2) is 5.82 Å². The molecule has 1 aliphatic carbocycles. The lowest BCUT2D eigenvalue weighted by Gasteiger charge is -2.37. The first-order chi connectivity index (χ1) is 20.2. The van der Waals surface area contributed by atoms with Crippen LogP contribution in [0.2, 0.25) is 0 Å². The molecule has 2 aliphatic heterocycles. The Labute approximate surface area is 241 Å². The highest BCUT2D eigenvalue weighted by atomic mass is 19.4. The van der Waals surface area contributed by atoms with E-state index in [9.17, 15) is 23.1 Å². The number of carbonyl (C=O) groups excluding carboxylic acids is 1. The Bertz CT molecular complexity index is 1380. The second kappa shape index (κ2) is 11.5. The molecule has 1 amide bonds. The van der Waals surface area contributed by atoms with Crippen LogP contribution < -0.4 is 10.2 Å². The van der Waals surface area contributed by atoms with Crippen molar-refractivity contribution in [3.8, 4) is 11.4 Å². The molecule has 1 unspecified atom stereocenters. The number of anilines is 1. The largest absolute Gasteiger partial charge is 0.433 e. The quantitative estimate of drug-likeness (QED) is 0.452. The molecule has 6 rings (SSSR count). The smallest absolute Gasteiger partial charge is 0.384 e. The van der Waals surface area contributed by atoms with Gasteiger partial charge in [0.2, 0.25) is 11.9 Å². The predicted molar refractivity (Wildman–Crippen MR) is 147 cm³/mol. The zero-order valence-electron chi connectivity index (χ0n) is 23.0. The molecule has 3 aromatic heterocycles. The fourth-order valence-corrected chi connectivity index (χ4v) is 6.26. The molecule has 1 saturated carbocycles. The Morgan fingerprint density at radius 1 is 0.929 bits per heavy atom. The van der Waals surface area contributed by atoms with Crippen molar-refractivity contribution in [3.05, 3.63) is 60.4 Å². The van der Waals surface area contributed by atoms with E-state index in [1.807, 2.05) is 17.0 Å². The minimum Gasteiger partial charge on any atom is -0.384 e. The summed E-state index contributed by atoms with van der Waals surface area (Å²) in [6, 6.07) is 6.75. The van der Waals surface area contributed by atoms with Gasteiger partial charge in [0, 0.05) is 68.6 Å². The van der Waals surface area contributed by atoms with Crippen molar-refractivity contribution in [2.24, 2.45) is 5.92 Å². The molecule has 2 atom stereocenters. The van der Waals surface area contributed by atoms with Crippen molar-refractivity contribution in [3.63, 3.8) is 0 Å². The third-order valence-electron chi connectivity index (χ3n) is 8.60. The lowest BCUT2D eigenvalue weighted by Crippen LogP contribution is -2.46. The van der Waals surface area contributed by atoms with Crippen LogP contribution in [0.25, 0.3) is 11.4 Å². The number of aromatic nitrogens is 5. The highest BCUT2D eigenvalue weighted by Gasteiger charge is 2.40. The molecule has 0 bridgehead atoms. The molecule has 222 valence electrons. The average molecular weight is 583 g/mol. The molecule has 0 spiro atoms. The summed E-state index contributed by atoms with van der Waals surface area (Å²) < 4.78 is 39.2. The lowest BCUT2D eigenvalue weighted by molar-refractivity contribution is -0.141. The number of alkyl halides is 3. The summed E-state index contributed by atoms with van der Waals surface area (Å²) in [5.41, 5.74) is -0.513. The van der Waals surface area contributed by atoms with E-state index < -0.39 is 17.5 Å². The van der Waals surface area contributed by atoms with Gasteiger partial charge in [-0.3, -0.25) is 9.78 Å². The van der Waals surface area contributed by atoms with Crippen LogP contribution in [0.1, 0.15) is 49.9 Å². The fraction of sp³-hybridized carbons (Fsp3) is 0.517. The third kappa shape index (κ3) is 6.07. The zero-order valence-corrected chi connectivity index (χ0v) is 23.0. The van der Waals surface area contributed by atoms with Gasteiger partial charge in [-0.15, -0.1) is 0 Å². The van der Waals surface area contributed by atoms with Gasteiger partial charge in [-0.1, -0.05) is 0 Å². The van der Waals surface area contributed by atoms with E-state index in [2.05, 4.69) is 30.2 Å². The van der Waals surface area contributed by atoms with Gasteiger partial charge in [0.25, 0.3) is 0 Å². The summed E-state index contributed by atoms with van der Waals surface area (Å²) in [6.07, 6.45) is 5.78. The summed E-state index contributed by atoms with van der Waals surface area (Å²) in [5, 5.41) is 15.0. The minimum atomic E-state index is -4.54. The van der Waals surface area contributed by atoms with Crippen LogP contribution in [-0.2, 0) is 16.6 Å². The Balaban J connectivity index is 0.977. The maximum Gasteiger partial charge on any atom is 0.433 e. The van der Waals surface area contributed by atoms with Gasteiger partial charge in [-0.2, -0.15) is 13.2 Å². The first-order valence-corrected chi connectivity index (χ1v) is 14.3. The lowest BCUT2D eigenvalue weighted by atomic mass is 9.79. The summed E-state index contributed by atoms with van der Waals surface area (Å²) in [4.78, 5) is 37.5. The second-order valence-corrected chi connectivity index (χ2v) is 11.4. The Morgan fingerprint density at radius 3 is 2.43 bits per heavy atom. The highest BCUT2D eigenvalue weighted by molar-refractivity contribution is 5.80. The van der Waals surface area contributed by atoms with E-state index in [4.69, 9.17) is 0 Å². The number of pyridine rings is 1. The van der Waals surface area contributed by atoms with Crippen molar-refractivity contribution in [1.82, 2.24) is 35.1 Å². The Hall–Kier alpha value is -3.71. The van der Waals surface area contributed by atoms with E-state index in [1.54, 1.807) is 29.6 Å². The molecule has 10 nitrogen and oxygen atoms in total. The van der Waals surface area contributed by atoms with E-state index in [-0.39, 0.29) is 29.9 Å². The number of aliphatic hydroxyl groups is 1. The molecule has 42 heavy (non-hydrogen) atoms. The number of likely N-dealkylation sites (tertiary alicyclic amines) is 1. The molecular formula is C29H33F3N8O2. The molecule has 3 aromatic rings. The van der Waals surface area contributed by atoms with Crippen molar-refractivity contribution in [1.29, 1.82) is 0 Å². The number of rotatable bonds is 6. The van der Waals surface area contributed by atoms with Crippen molar-refractivity contribution in [2.45, 2.75) is 62.4 Å². The van der Waals surface area contributed by atoms with Gasteiger partial charge in [0.05, 0.1) is 11.6 Å². The number of nitrogens with zero attached hydrogens (tertiary/aromatic N) is 7. The number of amides is 1. The van der Waals surface area contributed by atoms with Gasteiger partial charge >= 0.3 is 6.18 Å². The minimum absolute atomic E-state index is 0.00898. The Morgan fingerprint density at radius 2 is 1.71 bits per heavy atom. The number of hydrogen-bond acceptors (Lipinski definition) is 9. The summed E-state index contributed by atoms with van der Waals surface area (Å²) in [7, 11) is 0. The van der Waals surface area contributed by atoms with Crippen molar-refractivity contribution < 1.29 is 23.1 Å². The maximum absolute atomic E-state index is 13.2. The van der Waals surface area contributed by atoms with Crippen LogP contribution in [0.5, 0.6) is 0 Å². The normalized spacial score (nSPS) is 26.5. The average Bonchev–Trinajstić information content (AvgIpc) is 3.69. The van der Waals surface area contributed by atoms with Gasteiger partial charge < -0.3 is 20.2 Å². The second-order valence-electron chi connectivity index (χ2n) is 11.4. The molecule has 13 heteroatoms. The molecule has 2 saturated heterocycles. The molecule has 0 radical (unpaired) electrons. The van der Waals surface area contributed by atoms with E-state index in [0.29, 0.717) is 57.0 Å². The monoisotopic (exact) mass is 582 g/mol. The zero-order chi connectivity index (χ0) is 29.3. The topological polar surface area (TPSA) is 120 Å². The van der Waals surface area contributed by atoms with E-state index in [0.717, 1.165) is 37.1 Å².